The summed E-state index contributed by atoms with van der Waals surface area (Å²) in [5, 5.41) is 6.70. The Morgan fingerprint density at radius 3 is 2.50 bits per heavy atom. The molecule has 0 fully saturated rings. The Morgan fingerprint density at radius 2 is 1.78 bits per heavy atom. The molecule has 164 valence electrons. The fourth-order valence-corrected chi connectivity index (χ4v) is 3.63. The summed E-state index contributed by atoms with van der Waals surface area (Å²) in [5.74, 6) is 1.30. The van der Waals surface area contributed by atoms with Crippen molar-refractivity contribution in [2.45, 2.75) is 38.1 Å². The van der Waals surface area contributed by atoms with E-state index in [-0.39, 0.29) is 5.54 Å². The van der Waals surface area contributed by atoms with Gasteiger partial charge in [-0.15, -0.1) is 0 Å². The molecule has 0 saturated carbocycles. The van der Waals surface area contributed by atoms with Crippen LogP contribution in [-0.2, 0) is 0 Å². The van der Waals surface area contributed by atoms with Gasteiger partial charge in [-0.1, -0.05) is 6.07 Å². The second-order valence-corrected chi connectivity index (χ2v) is 9.35. The highest BCUT2D eigenvalue weighted by molar-refractivity contribution is 7.97. The van der Waals surface area contributed by atoms with Gasteiger partial charge in [-0.2, -0.15) is 4.98 Å². The third-order valence-electron chi connectivity index (χ3n) is 4.47. The zero-order chi connectivity index (χ0) is 22.6. The van der Waals surface area contributed by atoms with Crippen molar-refractivity contribution in [3.63, 3.8) is 0 Å². The number of hydrogen-bond acceptors (Lipinski definition) is 7. The molecule has 0 atom stereocenters. The van der Waals surface area contributed by atoms with E-state index in [4.69, 9.17) is 0 Å². The van der Waals surface area contributed by atoms with E-state index in [2.05, 4.69) is 63.2 Å². The van der Waals surface area contributed by atoms with E-state index >= 15 is 0 Å². The minimum atomic E-state index is 0.0366. The molecule has 0 aliphatic heterocycles. The first-order valence-electron chi connectivity index (χ1n) is 10.4. The van der Waals surface area contributed by atoms with Gasteiger partial charge in [0.1, 0.15) is 5.82 Å². The molecule has 0 saturated heterocycles. The molecule has 8 heteroatoms. The Labute approximate surface area is 192 Å². The number of anilines is 4. The van der Waals surface area contributed by atoms with Crippen molar-refractivity contribution < 1.29 is 0 Å². The highest BCUT2D eigenvalue weighted by Crippen LogP contribution is 2.25. The first-order valence-corrected chi connectivity index (χ1v) is 11.2. The molecule has 0 aliphatic rings. The van der Waals surface area contributed by atoms with E-state index in [9.17, 15) is 0 Å². The number of nitrogens with one attached hydrogen (secondary N) is 3. The third kappa shape index (κ3) is 5.87. The molecule has 0 aliphatic carbocycles. The first kappa shape index (κ1) is 21.9. The molecule has 4 aromatic rings. The molecule has 2 aromatic heterocycles. The molecular weight excluding hydrogens is 418 g/mol. The van der Waals surface area contributed by atoms with Crippen LogP contribution in [0.2, 0.25) is 0 Å². The van der Waals surface area contributed by atoms with Gasteiger partial charge < -0.3 is 15.2 Å². The summed E-state index contributed by atoms with van der Waals surface area (Å²) in [6.45, 7) is 8.43. The number of benzene rings is 2. The molecule has 7 nitrogen and oxygen atoms in total. The van der Waals surface area contributed by atoms with Gasteiger partial charge in [0.15, 0.2) is 0 Å². The Kier molecular flexibility index (Phi) is 6.43. The lowest BCUT2D eigenvalue weighted by Crippen LogP contribution is -2.29. The largest absolute Gasteiger partial charge is 0.340 e. The quantitative estimate of drug-likeness (QED) is 0.308. The monoisotopic (exact) mass is 445 g/mol. The van der Waals surface area contributed by atoms with Gasteiger partial charge in [-0.05, 0) is 82.1 Å². The minimum absolute atomic E-state index is 0.0366. The molecular formula is C24H27N7S. The van der Waals surface area contributed by atoms with Crippen molar-refractivity contribution in [2.24, 2.45) is 0 Å². The van der Waals surface area contributed by atoms with Crippen molar-refractivity contribution in [3.8, 4) is 5.69 Å². The van der Waals surface area contributed by atoms with Crippen molar-refractivity contribution in [2.75, 3.05) is 10.6 Å². The van der Waals surface area contributed by atoms with Gasteiger partial charge in [0.05, 0.1) is 6.33 Å². The molecule has 0 amide bonds. The van der Waals surface area contributed by atoms with Crippen LogP contribution in [0, 0.1) is 6.92 Å². The predicted octanol–water partition coefficient (Wildman–Crippen LogP) is 5.85. The Hall–Kier alpha value is -3.36. The van der Waals surface area contributed by atoms with E-state index in [1.165, 1.54) is 0 Å². The van der Waals surface area contributed by atoms with E-state index < -0.39 is 0 Å². The average molecular weight is 446 g/mol. The Balaban J connectivity index is 1.46. The molecule has 2 heterocycles. The number of aryl methyl sites for hydroxylation is 1. The first-order chi connectivity index (χ1) is 15.4. The van der Waals surface area contributed by atoms with Crippen LogP contribution >= 0.6 is 11.9 Å². The lowest BCUT2D eigenvalue weighted by molar-refractivity contribution is 0.535. The van der Waals surface area contributed by atoms with Crippen LogP contribution in [0.15, 0.2) is 78.3 Å². The lowest BCUT2D eigenvalue weighted by atomic mass is 10.1. The van der Waals surface area contributed by atoms with Gasteiger partial charge in [-0.25, -0.2) is 9.97 Å². The van der Waals surface area contributed by atoms with E-state index in [0.717, 1.165) is 33.3 Å². The summed E-state index contributed by atoms with van der Waals surface area (Å²) in [4.78, 5) is 14.3. The van der Waals surface area contributed by atoms with Crippen LogP contribution in [0.3, 0.4) is 0 Å². The summed E-state index contributed by atoms with van der Waals surface area (Å²) < 4.78 is 5.39. The number of hydrogen-bond donors (Lipinski definition) is 3. The van der Waals surface area contributed by atoms with Crippen molar-refractivity contribution in [3.05, 3.63) is 79.0 Å². The Bertz CT molecular complexity index is 1170. The zero-order valence-electron chi connectivity index (χ0n) is 18.6. The van der Waals surface area contributed by atoms with Gasteiger partial charge >= 0.3 is 0 Å². The molecule has 32 heavy (non-hydrogen) atoms. The van der Waals surface area contributed by atoms with Crippen LogP contribution in [0.5, 0.6) is 0 Å². The molecule has 4 rings (SSSR count). The fourth-order valence-electron chi connectivity index (χ4n) is 2.87. The average Bonchev–Trinajstić information content (AvgIpc) is 3.30. The minimum Gasteiger partial charge on any atom is -0.340 e. The summed E-state index contributed by atoms with van der Waals surface area (Å²) in [6.07, 6.45) is 7.26. The molecule has 0 spiro atoms. The van der Waals surface area contributed by atoms with Crippen LogP contribution in [0.25, 0.3) is 5.69 Å². The molecule has 2 aromatic carbocycles. The smallest absolute Gasteiger partial charge is 0.229 e. The summed E-state index contributed by atoms with van der Waals surface area (Å²) in [5.41, 5.74) is 3.93. The second kappa shape index (κ2) is 9.42. The number of aromatic nitrogens is 4. The summed E-state index contributed by atoms with van der Waals surface area (Å²) in [6, 6.07) is 16.3. The van der Waals surface area contributed by atoms with Crippen LogP contribution in [-0.4, -0.2) is 25.1 Å². The topological polar surface area (TPSA) is 79.7 Å². The van der Waals surface area contributed by atoms with Crippen LogP contribution < -0.4 is 15.4 Å². The highest BCUT2D eigenvalue weighted by Gasteiger charge is 2.10. The predicted molar refractivity (Wildman–Crippen MR) is 132 cm³/mol. The number of nitrogens with zero attached hydrogens (tertiary/aromatic N) is 4. The summed E-state index contributed by atoms with van der Waals surface area (Å²) in [7, 11) is 0. The number of rotatable bonds is 7. The number of imidazole rings is 1. The van der Waals surface area contributed by atoms with Crippen LogP contribution in [0.4, 0.5) is 23.1 Å². The molecule has 0 radical (unpaired) electrons. The highest BCUT2D eigenvalue weighted by atomic mass is 32.2. The van der Waals surface area contributed by atoms with Gasteiger partial charge in [0.25, 0.3) is 0 Å². The van der Waals surface area contributed by atoms with Crippen molar-refractivity contribution in [1.82, 2.24) is 24.2 Å². The second-order valence-electron chi connectivity index (χ2n) is 8.47. The lowest BCUT2D eigenvalue weighted by Gasteiger charge is -2.19. The molecule has 0 unspecified atom stereocenters. The maximum absolute atomic E-state index is 4.68. The van der Waals surface area contributed by atoms with Crippen molar-refractivity contribution >= 4 is 35.1 Å². The Morgan fingerprint density at radius 1 is 0.969 bits per heavy atom. The van der Waals surface area contributed by atoms with E-state index in [1.807, 2.05) is 60.3 Å². The molecule has 3 N–H and O–H groups in total. The standard InChI is InChI=1S/C24H27N7S/c1-17-15-26-23(28-18-8-10-20(11-9-18)31-13-12-25-16-31)29-22(17)27-19-6-5-7-21(14-19)32-30-24(2,3)4/h5-16,30H,1-4H3,(H2,26,27,28,29). The van der Waals surface area contributed by atoms with Gasteiger partial charge in [-0.3, -0.25) is 4.72 Å². The van der Waals surface area contributed by atoms with E-state index in [1.54, 1.807) is 24.5 Å². The van der Waals surface area contributed by atoms with Crippen molar-refractivity contribution in [1.29, 1.82) is 0 Å². The van der Waals surface area contributed by atoms with Gasteiger partial charge in [0.2, 0.25) is 5.95 Å². The zero-order valence-corrected chi connectivity index (χ0v) is 19.4. The third-order valence-corrected chi connectivity index (χ3v) is 5.67. The molecule has 0 bridgehead atoms. The van der Waals surface area contributed by atoms with E-state index in [0.29, 0.717) is 5.95 Å². The summed E-state index contributed by atoms with van der Waals surface area (Å²) >= 11 is 1.62. The normalized spacial score (nSPS) is 11.4. The maximum atomic E-state index is 4.68. The fraction of sp³-hybridized carbons (Fsp3) is 0.208. The SMILES string of the molecule is Cc1cnc(Nc2ccc(-n3ccnc3)cc2)nc1Nc1cccc(SNC(C)(C)C)c1. The van der Waals surface area contributed by atoms with Crippen LogP contribution in [0.1, 0.15) is 26.3 Å². The maximum Gasteiger partial charge on any atom is 0.229 e. The van der Waals surface area contributed by atoms with Gasteiger partial charge in [0, 0.05) is 51.7 Å².